The molecule has 0 aromatic carbocycles. The Bertz CT molecular complexity index is 763. The molecule has 2 aromatic heterocycles. The first-order chi connectivity index (χ1) is 12.6. The van der Waals surface area contributed by atoms with Crippen LogP contribution in [0.4, 0.5) is 10.5 Å². The molecule has 0 unspecified atom stereocenters. The van der Waals surface area contributed by atoms with Crippen LogP contribution < -0.4 is 10.6 Å². The van der Waals surface area contributed by atoms with Crippen LogP contribution in [0.15, 0.2) is 42.9 Å². The average Bonchev–Trinajstić information content (AvgIpc) is 2.69. The molecular weight excluding hydrogens is 354 g/mol. The first-order valence-corrected chi connectivity index (χ1v) is 8.84. The van der Waals surface area contributed by atoms with Gasteiger partial charge < -0.3 is 15.5 Å². The third-order valence-corrected chi connectivity index (χ3v) is 4.64. The highest BCUT2D eigenvalue weighted by molar-refractivity contribution is 6.32. The van der Waals surface area contributed by atoms with Crippen molar-refractivity contribution in [2.24, 2.45) is 5.92 Å². The van der Waals surface area contributed by atoms with Crippen molar-refractivity contribution in [2.45, 2.75) is 19.4 Å². The Morgan fingerprint density at radius 2 is 1.96 bits per heavy atom. The van der Waals surface area contributed by atoms with Gasteiger partial charge in [-0.15, -0.1) is 0 Å². The summed E-state index contributed by atoms with van der Waals surface area (Å²) in [5.41, 5.74) is 1.45. The molecule has 136 valence electrons. The third-order valence-electron chi connectivity index (χ3n) is 4.34. The molecule has 1 saturated heterocycles. The molecule has 1 fully saturated rings. The lowest BCUT2D eigenvalue weighted by Gasteiger charge is -2.31. The number of urea groups is 1. The van der Waals surface area contributed by atoms with Crippen LogP contribution in [0.5, 0.6) is 0 Å². The van der Waals surface area contributed by atoms with Crippen LogP contribution in [0, 0.1) is 5.92 Å². The number of nitrogens with zero attached hydrogens (tertiary/aromatic N) is 3. The zero-order valence-electron chi connectivity index (χ0n) is 14.2. The van der Waals surface area contributed by atoms with E-state index in [1.54, 1.807) is 35.6 Å². The Kier molecular flexibility index (Phi) is 6.01. The lowest BCUT2D eigenvalue weighted by molar-refractivity contribution is -0.126. The number of piperidine rings is 1. The van der Waals surface area contributed by atoms with Crippen molar-refractivity contribution < 1.29 is 9.59 Å². The summed E-state index contributed by atoms with van der Waals surface area (Å²) in [6, 6.07) is 6.94. The second-order valence-electron chi connectivity index (χ2n) is 6.11. The number of amides is 3. The Labute approximate surface area is 156 Å². The molecule has 0 radical (unpaired) electrons. The van der Waals surface area contributed by atoms with E-state index in [1.165, 1.54) is 0 Å². The van der Waals surface area contributed by atoms with E-state index in [-0.39, 0.29) is 23.0 Å². The van der Waals surface area contributed by atoms with Gasteiger partial charge >= 0.3 is 6.03 Å². The van der Waals surface area contributed by atoms with Gasteiger partial charge in [-0.2, -0.15) is 0 Å². The van der Waals surface area contributed by atoms with E-state index >= 15 is 0 Å². The number of carbonyl (C=O) groups is 2. The summed E-state index contributed by atoms with van der Waals surface area (Å²) >= 11 is 5.96. The van der Waals surface area contributed by atoms with Crippen molar-refractivity contribution >= 4 is 29.2 Å². The van der Waals surface area contributed by atoms with Crippen LogP contribution in [0.25, 0.3) is 0 Å². The van der Waals surface area contributed by atoms with Gasteiger partial charge in [-0.1, -0.05) is 17.7 Å². The number of carbonyl (C=O) groups excluding carboxylic acids is 2. The first kappa shape index (κ1) is 18.1. The van der Waals surface area contributed by atoms with Gasteiger partial charge in [-0.3, -0.25) is 9.78 Å². The standard InChI is InChI=1S/C18H20ClN5O2/c19-16-15(4-2-8-21-16)23-18(26)24-9-5-14(6-10-24)17(25)22-12-13-3-1-7-20-11-13/h1-4,7-8,11,14H,5-6,9-10,12H2,(H,22,25)(H,23,26). The van der Waals surface area contributed by atoms with Crippen LogP contribution in [0.2, 0.25) is 5.15 Å². The number of anilines is 1. The highest BCUT2D eigenvalue weighted by atomic mass is 35.5. The maximum absolute atomic E-state index is 12.3. The van der Waals surface area contributed by atoms with Crippen molar-refractivity contribution in [1.82, 2.24) is 20.2 Å². The van der Waals surface area contributed by atoms with Crippen LogP contribution in [-0.4, -0.2) is 39.9 Å². The zero-order chi connectivity index (χ0) is 18.4. The summed E-state index contributed by atoms with van der Waals surface area (Å²) in [5, 5.41) is 5.95. The molecule has 0 spiro atoms. The fourth-order valence-electron chi connectivity index (χ4n) is 2.85. The lowest BCUT2D eigenvalue weighted by atomic mass is 9.96. The molecule has 26 heavy (non-hydrogen) atoms. The van der Waals surface area contributed by atoms with Gasteiger partial charge in [0.05, 0.1) is 5.69 Å². The van der Waals surface area contributed by atoms with Crippen molar-refractivity contribution in [3.63, 3.8) is 0 Å². The highest BCUT2D eigenvalue weighted by Gasteiger charge is 2.27. The summed E-state index contributed by atoms with van der Waals surface area (Å²) in [5.74, 6) is -0.0677. The molecular formula is C18H20ClN5O2. The first-order valence-electron chi connectivity index (χ1n) is 8.46. The molecule has 7 nitrogen and oxygen atoms in total. The van der Waals surface area contributed by atoms with E-state index in [0.717, 1.165) is 5.56 Å². The van der Waals surface area contributed by atoms with E-state index in [0.29, 0.717) is 38.2 Å². The van der Waals surface area contributed by atoms with Gasteiger partial charge in [-0.05, 0) is 36.6 Å². The lowest BCUT2D eigenvalue weighted by Crippen LogP contribution is -2.44. The minimum Gasteiger partial charge on any atom is -0.352 e. The highest BCUT2D eigenvalue weighted by Crippen LogP contribution is 2.21. The monoisotopic (exact) mass is 373 g/mol. The Balaban J connectivity index is 1.45. The quantitative estimate of drug-likeness (QED) is 0.806. The fraction of sp³-hybridized carbons (Fsp3) is 0.333. The molecule has 1 aliphatic rings. The third kappa shape index (κ3) is 4.70. The van der Waals surface area contributed by atoms with Crippen LogP contribution in [0.1, 0.15) is 18.4 Å². The topological polar surface area (TPSA) is 87.2 Å². The number of aromatic nitrogens is 2. The fourth-order valence-corrected chi connectivity index (χ4v) is 3.02. The summed E-state index contributed by atoms with van der Waals surface area (Å²) < 4.78 is 0. The number of pyridine rings is 2. The van der Waals surface area contributed by atoms with Gasteiger partial charge in [0.15, 0.2) is 5.15 Å². The van der Waals surface area contributed by atoms with Crippen molar-refractivity contribution in [3.8, 4) is 0 Å². The van der Waals surface area contributed by atoms with Crippen LogP contribution >= 0.6 is 11.6 Å². The van der Waals surface area contributed by atoms with Crippen LogP contribution in [0.3, 0.4) is 0 Å². The van der Waals surface area contributed by atoms with Gasteiger partial charge in [0, 0.05) is 44.1 Å². The molecule has 0 aliphatic carbocycles. The second kappa shape index (κ2) is 8.62. The molecule has 3 rings (SSSR count). The molecule has 0 saturated carbocycles. The van der Waals surface area contributed by atoms with Crippen LogP contribution in [-0.2, 0) is 11.3 Å². The molecule has 0 atom stereocenters. The van der Waals surface area contributed by atoms with E-state index in [1.807, 2.05) is 12.1 Å². The van der Waals surface area contributed by atoms with E-state index in [9.17, 15) is 9.59 Å². The molecule has 3 heterocycles. The smallest absolute Gasteiger partial charge is 0.321 e. The maximum atomic E-state index is 12.3. The SMILES string of the molecule is O=C(NCc1cccnc1)C1CCN(C(=O)Nc2cccnc2Cl)CC1. The Morgan fingerprint density at radius 1 is 1.19 bits per heavy atom. The normalized spacial score (nSPS) is 14.7. The number of hydrogen-bond donors (Lipinski definition) is 2. The van der Waals surface area contributed by atoms with Crippen molar-refractivity contribution in [1.29, 1.82) is 0 Å². The Morgan fingerprint density at radius 3 is 2.65 bits per heavy atom. The van der Waals surface area contributed by atoms with Gasteiger partial charge in [0.2, 0.25) is 5.91 Å². The van der Waals surface area contributed by atoms with Crippen molar-refractivity contribution in [2.75, 3.05) is 18.4 Å². The number of likely N-dealkylation sites (tertiary alicyclic amines) is 1. The summed E-state index contributed by atoms with van der Waals surface area (Å²) in [7, 11) is 0. The summed E-state index contributed by atoms with van der Waals surface area (Å²) in [6.45, 7) is 1.51. The minimum absolute atomic E-state index is 0.0178. The summed E-state index contributed by atoms with van der Waals surface area (Å²) in [6.07, 6.45) is 6.26. The number of rotatable bonds is 4. The second-order valence-corrected chi connectivity index (χ2v) is 6.47. The Hall–Kier alpha value is -2.67. The number of nitrogens with one attached hydrogen (secondary N) is 2. The molecule has 2 N–H and O–H groups in total. The zero-order valence-corrected chi connectivity index (χ0v) is 14.9. The number of hydrogen-bond acceptors (Lipinski definition) is 4. The number of halogens is 1. The predicted octanol–water partition coefficient (Wildman–Crippen LogP) is 2.69. The van der Waals surface area contributed by atoms with Gasteiger partial charge in [0.1, 0.15) is 0 Å². The van der Waals surface area contributed by atoms with E-state index in [2.05, 4.69) is 20.6 Å². The molecule has 0 bridgehead atoms. The largest absolute Gasteiger partial charge is 0.352 e. The maximum Gasteiger partial charge on any atom is 0.321 e. The van der Waals surface area contributed by atoms with Gasteiger partial charge in [-0.25, -0.2) is 9.78 Å². The molecule has 1 aliphatic heterocycles. The van der Waals surface area contributed by atoms with Crippen molar-refractivity contribution in [3.05, 3.63) is 53.6 Å². The molecule has 3 amide bonds. The summed E-state index contributed by atoms with van der Waals surface area (Å²) in [4.78, 5) is 34.3. The predicted molar refractivity (Wildman–Crippen MR) is 98.6 cm³/mol. The van der Waals surface area contributed by atoms with Gasteiger partial charge in [0.25, 0.3) is 0 Å². The van der Waals surface area contributed by atoms with E-state index < -0.39 is 0 Å². The molecule has 8 heteroatoms. The molecule has 2 aromatic rings. The minimum atomic E-state index is -0.228. The average molecular weight is 374 g/mol. The van der Waals surface area contributed by atoms with E-state index in [4.69, 9.17) is 11.6 Å².